The summed E-state index contributed by atoms with van der Waals surface area (Å²) in [6, 6.07) is 16.7. The monoisotopic (exact) mass is 382 g/mol. The molecule has 0 radical (unpaired) electrons. The average molecular weight is 383 g/mol. The lowest BCUT2D eigenvalue weighted by Crippen LogP contribution is -2.33. The van der Waals surface area contributed by atoms with Gasteiger partial charge in [-0.3, -0.25) is 9.89 Å². The average Bonchev–Trinajstić information content (AvgIpc) is 3.20. The van der Waals surface area contributed by atoms with Crippen LogP contribution in [0.2, 0.25) is 5.02 Å². The Bertz CT molecular complexity index is 933. The molecule has 3 aromatic rings. The van der Waals surface area contributed by atoms with Crippen LogP contribution in [0.4, 0.5) is 5.69 Å². The van der Waals surface area contributed by atoms with E-state index in [9.17, 15) is 4.79 Å². The Kier molecular flexibility index (Phi) is 5.20. The number of aromatic nitrogens is 2. The van der Waals surface area contributed by atoms with E-state index < -0.39 is 0 Å². The first-order valence-electron chi connectivity index (χ1n) is 8.74. The zero-order valence-corrected chi connectivity index (χ0v) is 15.3. The number of halogens is 1. The summed E-state index contributed by atoms with van der Waals surface area (Å²) < 4.78 is 5.73. The van der Waals surface area contributed by atoms with Crippen LogP contribution in [0, 0.1) is 0 Å². The van der Waals surface area contributed by atoms with Crippen molar-refractivity contribution in [2.45, 2.75) is 6.10 Å². The Morgan fingerprint density at radius 3 is 2.74 bits per heavy atom. The van der Waals surface area contributed by atoms with Crippen molar-refractivity contribution in [3.63, 3.8) is 0 Å². The first-order chi connectivity index (χ1) is 13.2. The number of amides is 1. The quantitative estimate of drug-likeness (QED) is 0.643. The number of aromatic amines is 1. The molecule has 1 aliphatic rings. The predicted molar refractivity (Wildman–Crippen MR) is 105 cm³/mol. The van der Waals surface area contributed by atoms with Gasteiger partial charge in [-0.05, 0) is 29.8 Å². The van der Waals surface area contributed by atoms with Gasteiger partial charge in [0.15, 0.2) is 0 Å². The molecule has 1 aliphatic heterocycles. The van der Waals surface area contributed by atoms with E-state index in [1.54, 1.807) is 12.1 Å². The van der Waals surface area contributed by atoms with Gasteiger partial charge in [-0.15, -0.1) is 0 Å². The molecule has 4 rings (SSSR count). The van der Waals surface area contributed by atoms with Gasteiger partial charge in [0.2, 0.25) is 0 Å². The molecule has 1 aromatic heterocycles. The van der Waals surface area contributed by atoms with Crippen LogP contribution >= 0.6 is 11.6 Å². The molecule has 0 spiro atoms. The summed E-state index contributed by atoms with van der Waals surface area (Å²) in [5.41, 5.74) is 3.57. The van der Waals surface area contributed by atoms with E-state index in [-0.39, 0.29) is 12.0 Å². The van der Waals surface area contributed by atoms with Gasteiger partial charge in [-0.25, -0.2) is 0 Å². The number of nitrogens with zero attached hydrogens (tertiary/aromatic N) is 1. The number of nitrogens with one attached hydrogen (secondary N) is 3. The van der Waals surface area contributed by atoms with E-state index in [1.165, 1.54) is 0 Å². The third kappa shape index (κ3) is 4.03. The zero-order chi connectivity index (χ0) is 18.6. The number of carbonyl (C=O) groups is 1. The number of H-pyrrole nitrogens is 1. The van der Waals surface area contributed by atoms with E-state index in [4.69, 9.17) is 16.3 Å². The van der Waals surface area contributed by atoms with Crippen LogP contribution in [-0.4, -0.2) is 35.8 Å². The standard InChI is InChI=1S/C20H19ClN4O2/c21-16-4-2-1-3-15(16)17-11-18(25-24-17)20(26)23-14-7-5-13(6-8-14)19-12-22-9-10-27-19/h1-8,11,19,22H,9-10,12H2,(H,23,26)(H,24,25)/t19-/m0/s1. The van der Waals surface area contributed by atoms with Gasteiger partial charge in [0.25, 0.3) is 5.91 Å². The number of carbonyl (C=O) groups excluding carboxylic acids is 1. The van der Waals surface area contributed by atoms with Crippen LogP contribution in [0.15, 0.2) is 54.6 Å². The van der Waals surface area contributed by atoms with E-state index in [0.717, 1.165) is 24.2 Å². The summed E-state index contributed by atoms with van der Waals surface area (Å²) in [5, 5.41) is 13.7. The molecular formula is C20H19ClN4O2. The smallest absolute Gasteiger partial charge is 0.273 e. The van der Waals surface area contributed by atoms with Crippen LogP contribution in [0.25, 0.3) is 11.3 Å². The fourth-order valence-corrected chi connectivity index (χ4v) is 3.24. The summed E-state index contributed by atoms with van der Waals surface area (Å²) in [7, 11) is 0. The molecule has 2 aromatic carbocycles. The van der Waals surface area contributed by atoms with Crippen LogP contribution in [0.3, 0.4) is 0 Å². The van der Waals surface area contributed by atoms with E-state index in [0.29, 0.717) is 28.7 Å². The summed E-state index contributed by atoms with van der Waals surface area (Å²) in [4.78, 5) is 12.5. The largest absolute Gasteiger partial charge is 0.371 e. The highest BCUT2D eigenvalue weighted by Gasteiger charge is 2.16. The van der Waals surface area contributed by atoms with Crippen molar-refractivity contribution in [2.75, 3.05) is 25.0 Å². The van der Waals surface area contributed by atoms with Crippen molar-refractivity contribution in [3.8, 4) is 11.3 Å². The number of anilines is 1. The Hall–Kier alpha value is -2.67. The molecule has 2 heterocycles. The second-order valence-corrected chi connectivity index (χ2v) is 6.69. The maximum Gasteiger partial charge on any atom is 0.273 e. The van der Waals surface area contributed by atoms with Crippen molar-refractivity contribution < 1.29 is 9.53 Å². The molecule has 138 valence electrons. The van der Waals surface area contributed by atoms with Gasteiger partial charge in [0.1, 0.15) is 5.69 Å². The van der Waals surface area contributed by atoms with Crippen molar-refractivity contribution in [2.24, 2.45) is 0 Å². The first-order valence-corrected chi connectivity index (χ1v) is 9.12. The normalized spacial score (nSPS) is 16.9. The second kappa shape index (κ2) is 7.92. The van der Waals surface area contributed by atoms with Crippen molar-refractivity contribution in [3.05, 3.63) is 70.9 Å². The number of hydrogen-bond donors (Lipinski definition) is 3. The predicted octanol–water partition coefficient (Wildman–Crippen LogP) is 3.64. The highest BCUT2D eigenvalue weighted by molar-refractivity contribution is 6.33. The topological polar surface area (TPSA) is 79.0 Å². The van der Waals surface area contributed by atoms with Gasteiger partial charge in [0.05, 0.1) is 23.4 Å². The summed E-state index contributed by atoms with van der Waals surface area (Å²) in [6.07, 6.45) is 0.0503. The molecular weight excluding hydrogens is 364 g/mol. The van der Waals surface area contributed by atoms with Gasteiger partial charge in [0, 0.05) is 24.3 Å². The lowest BCUT2D eigenvalue weighted by atomic mass is 10.1. The summed E-state index contributed by atoms with van der Waals surface area (Å²) in [6.45, 7) is 2.38. The summed E-state index contributed by atoms with van der Waals surface area (Å²) in [5.74, 6) is -0.260. The number of morpholine rings is 1. The van der Waals surface area contributed by atoms with Crippen molar-refractivity contribution in [1.29, 1.82) is 0 Å². The minimum atomic E-state index is -0.260. The Morgan fingerprint density at radius 1 is 1.19 bits per heavy atom. The highest BCUT2D eigenvalue weighted by Crippen LogP contribution is 2.26. The van der Waals surface area contributed by atoms with E-state index in [1.807, 2.05) is 42.5 Å². The van der Waals surface area contributed by atoms with Crippen LogP contribution in [0.1, 0.15) is 22.2 Å². The molecule has 0 aliphatic carbocycles. The van der Waals surface area contributed by atoms with Gasteiger partial charge < -0.3 is 15.4 Å². The lowest BCUT2D eigenvalue weighted by molar-refractivity contribution is 0.0277. The number of rotatable bonds is 4. The van der Waals surface area contributed by atoms with E-state index in [2.05, 4.69) is 20.8 Å². The van der Waals surface area contributed by atoms with Gasteiger partial charge in [-0.1, -0.05) is 41.9 Å². The zero-order valence-electron chi connectivity index (χ0n) is 14.5. The van der Waals surface area contributed by atoms with E-state index >= 15 is 0 Å². The van der Waals surface area contributed by atoms with Crippen LogP contribution < -0.4 is 10.6 Å². The Labute approximate surface area is 161 Å². The maximum absolute atomic E-state index is 12.5. The molecule has 27 heavy (non-hydrogen) atoms. The molecule has 0 bridgehead atoms. The maximum atomic E-state index is 12.5. The number of benzene rings is 2. The SMILES string of the molecule is O=C(Nc1ccc([C@@H]2CNCCO2)cc1)c1cc(-c2ccccc2Cl)n[nH]1. The number of hydrogen-bond acceptors (Lipinski definition) is 4. The van der Waals surface area contributed by atoms with Crippen molar-refractivity contribution in [1.82, 2.24) is 15.5 Å². The van der Waals surface area contributed by atoms with Gasteiger partial charge in [-0.2, -0.15) is 5.10 Å². The number of ether oxygens (including phenoxy) is 1. The fraction of sp³-hybridized carbons (Fsp3) is 0.200. The molecule has 7 heteroatoms. The Balaban J connectivity index is 1.44. The van der Waals surface area contributed by atoms with Crippen LogP contribution in [-0.2, 0) is 4.74 Å². The van der Waals surface area contributed by atoms with Gasteiger partial charge >= 0.3 is 0 Å². The molecule has 3 N–H and O–H groups in total. The van der Waals surface area contributed by atoms with Crippen LogP contribution in [0.5, 0.6) is 0 Å². The second-order valence-electron chi connectivity index (χ2n) is 6.29. The third-order valence-electron chi connectivity index (χ3n) is 4.44. The molecule has 1 fully saturated rings. The first kappa shape index (κ1) is 17.7. The minimum Gasteiger partial charge on any atom is -0.371 e. The molecule has 1 saturated heterocycles. The highest BCUT2D eigenvalue weighted by atomic mass is 35.5. The minimum absolute atomic E-state index is 0.0503. The molecule has 0 saturated carbocycles. The molecule has 6 nitrogen and oxygen atoms in total. The molecule has 1 atom stereocenters. The van der Waals surface area contributed by atoms with Crippen molar-refractivity contribution >= 4 is 23.2 Å². The fourth-order valence-electron chi connectivity index (χ4n) is 3.00. The summed E-state index contributed by atoms with van der Waals surface area (Å²) >= 11 is 6.19. The lowest BCUT2D eigenvalue weighted by Gasteiger charge is -2.24. The molecule has 0 unspecified atom stereocenters. The Morgan fingerprint density at radius 2 is 2.00 bits per heavy atom. The molecule has 1 amide bonds. The third-order valence-corrected chi connectivity index (χ3v) is 4.77.